The first-order valence-electron chi connectivity index (χ1n) is 7.99. The lowest BCUT2D eigenvalue weighted by atomic mass is 9.98. The summed E-state index contributed by atoms with van der Waals surface area (Å²) in [6.07, 6.45) is 0.910. The second-order valence-electron chi connectivity index (χ2n) is 6.20. The predicted molar refractivity (Wildman–Crippen MR) is 91.9 cm³/mol. The Bertz CT molecular complexity index is 758. The molecule has 0 fully saturated rings. The third-order valence-corrected chi connectivity index (χ3v) is 4.62. The SMILES string of the molecule is COc1cc(C)c(CN2CCc3cc(OC)c(O)cc3C2)cc1O. The van der Waals surface area contributed by atoms with Crippen molar-refractivity contribution in [3.05, 3.63) is 46.5 Å². The Morgan fingerprint density at radius 2 is 1.62 bits per heavy atom. The molecule has 128 valence electrons. The van der Waals surface area contributed by atoms with Gasteiger partial charge in [-0.15, -0.1) is 0 Å². The van der Waals surface area contributed by atoms with Crippen LogP contribution in [0.1, 0.15) is 22.3 Å². The Labute approximate surface area is 142 Å². The predicted octanol–water partition coefficient (Wildman–Crippen LogP) is 2.98. The maximum atomic E-state index is 10.0. The van der Waals surface area contributed by atoms with Crippen LogP contribution in [-0.4, -0.2) is 35.9 Å². The van der Waals surface area contributed by atoms with Crippen molar-refractivity contribution in [1.82, 2.24) is 4.90 Å². The molecule has 1 aliphatic heterocycles. The summed E-state index contributed by atoms with van der Waals surface area (Å²) in [5.74, 6) is 1.37. The van der Waals surface area contributed by atoms with Crippen molar-refractivity contribution in [3.8, 4) is 23.0 Å². The standard InChI is InChI=1S/C19H23NO4/c1-12-6-18(23-2)16(21)7-14(12)10-20-5-4-13-9-19(24-3)17(22)8-15(13)11-20/h6-9,21-22H,4-5,10-11H2,1-3H3. The molecule has 2 aromatic rings. The molecule has 2 aromatic carbocycles. The summed E-state index contributed by atoms with van der Waals surface area (Å²) in [7, 11) is 3.12. The van der Waals surface area contributed by atoms with Crippen LogP contribution in [0, 0.1) is 6.92 Å². The van der Waals surface area contributed by atoms with Gasteiger partial charge in [-0.05, 0) is 59.9 Å². The summed E-state index contributed by atoms with van der Waals surface area (Å²) in [5.41, 5.74) is 4.51. The van der Waals surface area contributed by atoms with E-state index in [1.165, 1.54) is 5.56 Å². The number of phenolic OH excluding ortho intramolecular Hbond substituents is 2. The summed E-state index contributed by atoms with van der Waals surface area (Å²) >= 11 is 0. The Kier molecular flexibility index (Phi) is 4.53. The molecule has 0 saturated heterocycles. The Morgan fingerprint density at radius 3 is 2.33 bits per heavy atom. The van der Waals surface area contributed by atoms with E-state index in [1.807, 2.05) is 19.1 Å². The molecule has 0 amide bonds. The summed E-state index contributed by atoms with van der Waals surface area (Å²) in [5, 5.41) is 20.0. The second-order valence-corrected chi connectivity index (χ2v) is 6.20. The molecule has 0 spiro atoms. The van der Waals surface area contributed by atoms with Gasteiger partial charge in [0, 0.05) is 19.6 Å². The van der Waals surface area contributed by atoms with Crippen LogP contribution >= 0.6 is 0 Å². The van der Waals surface area contributed by atoms with Gasteiger partial charge in [0.2, 0.25) is 0 Å². The van der Waals surface area contributed by atoms with Crippen molar-refractivity contribution in [2.45, 2.75) is 26.4 Å². The van der Waals surface area contributed by atoms with Crippen molar-refractivity contribution in [3.63, 3.8) is 0 Å². The zero-order valence-electron chi connectivity index (χ0n) is 14.3. The first kappa shape index (κ1) is 16.5. The fourth-order valence-corrected chi connectivity index (χ4v) is 3.22. The lowest BCUT2D eigenvalue weighted by Crippen LogP contribution is -2.30. The van der Waals surface area contributed by atoms with Crippen LogP contribution in [0.15, 0.2) is 24.3 Å². The van der Waals surface area contributed by atoms with Gasteiger partial charge in [-0.25, -0.2) is 0 Å². The number of benzene rings is 2. The molecule has 5 nitrogen and oxygen atoms in total. The molecule has 0 unspecified atom stereocenters. The number of methoxy groups -OCH3 is 2. The molecule has 2 N–H and O–H groups in total. The normalized spacial score (nSPS) is 14.3. The van der Waals surface area contributed by atoms with Gasteiger partial charge in [0.25, 0.3) is 0 Å². The van der Waals surface area contributed by atoms with E-state index < -0.39 is 0 Å². The average molecular weight is 329 g/mol. The van der Waals surface area contributed by atoms with Crippen LogP contribution in [0.5, 0.6) is 23.0 Å². The third kappa shape index (κ3) is 3.12. The number of ether oxygens (including phenoxy) is 2. The molecule has 24 heavy (non-hydrogen) atoms. The monoisotopic (exact) mass is 329 g/mol. The minimum Gasteiger partial charge on any atom is -0.504 e. The van der Waals surface area contributed by atoms with Gasteiger partial charge in [-0.2, -0.15) is 0 Å². The van der Waals surface area contributed by atoms with Crippen molar-refractivity contribution in [2.24, 2.45) is 0 Å². The molecule has 3 rings (SSSR count). The smallest absolute Gasteiger partial charge is 0.160 e. The van der Waals surface area contributed by atoms with Gasteiger partial charge in [0.15, 0.2) is 23.0 Å². The summed E-state index contributed by atoms with van der Waals surface area (Å²) in [6.45, 7) is 4.45. The van der Waals surface area contributed by atoms with Crippen molar-refractivity contribution in [2.75, 3.05) is 20.8 Å². The number of aromatic hydroxyl groups is 2. The number of nitrogens with zero attached hydrogens (tertiary/aromatic N) is 1. The van der Waals surface area contributed by atoms with Crippen molar-refractivity contribution < 1.29 is 19.7 Å². The molecule has 0 saturated carbocycles. The molecule has 5 heteroatoms. The van der Waals surface area contributed by atoms with Crippen molar-refractivity contribution >= 4 is 0 Å². The first-order chi connectivity index (χ1) is 11.5. The molecular weight excluding hydrogens is 306 g/mol. The zero-order chi connectivity index (χ0) is 17.3. The molecule has 1 heterocycles. The molecule has 0 bridgehead atoms. The number of aryl methyl sites for hydroxylation is 1. The highest BCUT2D eigenvalue weighted by atomic mass is 16.5. The molecular formula is C19H23NO4. The van der Waals surface area contributed by atoms with Crippen LogP contribution in [0.25, 0.3) is 0 Å². The largest absolute Gasteiger partial charge is 0.504 e. The highest BCUT2D eigenvalue weighted by molar-refractivity contribution is 5.48. The minimum atomic E-state index is 0.165. The van der Waals surface area contributed by atoms with Gasteiger partial charge in [-0.3, -0.25) is 4.90 Å². The number of fused-ring (bicyclic) bond motifs is 1. The van der Waals surface area contributed by atoms with Gasteiger partial charge in [-0.1, -0.05) is 0 Å². The maximum absolute atomic E-state index is 10.0. The van der Waals surface area contributed by atoms with E-state index in [2.05, 4.69) is 4.90 Å². The number of rotatable bonds is 4. The molecule has 0 aliphatic carbocycles. The summed E-state index contributed by atoms with van der Waals surface area (Å²) in [4.78, 5) is 2.31. The highest BCUT2D eigenvalue weighted by Gasteiger charge is 2.20. The molecule has 0 atom stereocenters. The van der Waals surface area contributed by atoms with Crippen LogP contribution in [0.3, 0.4) is 0 Å². The molecule has 1 aliphatic rings. The van der Waals surface area contributed by atoms with Crippen LogP contribution in [0.4, 0.5) is 0 Å². The average Bonchev–Trinajstić information content (AvgIpc) is 2.57. The van der Waals surface area contributed by atoms with E-state index in [0.717, 1.165) is 42.7 Å². The van der Waals surface area contributed by atoms with E-state index in [0.29, 0.717) is 11.5 Å². The summed E-state index contributed by atoms with van der Waals surface area (Å²) in [6, 6.07) is 7.35. The fraction of sp³-hybridized carbons (Fsp3) is 0.368. The Hall–Kier alpha value is -2.40. The Morgan fingerprint density at radius 1 is 0.958 bits per heavy atom. The van der Waals surface area contributed by atoms with Gasteiger partial charge in [0.1, 0.15) is 0 Å². The van der Waals surface area contributed by atoms with Crippen LogP contribution in [0.2, 0.25) is 0 Å². The number of phenols is 2. The van der Waals surface area contributed by atoms with Crippen LogP contribution in [-0.2, 0) is 19.5 Å². The molecule has 0 radical (unpaired) electrons. The van der Waals surface area contributed by atoms with Crippen molar-refractivity contribution in [1.29, 1.82) is 0 Å². The van der Waals surface area contributed by atoms with E-state index in [-0.39, 0.29) is 11.5 Å². The first-order valence-corrected chi connectivity index (χ1v) is 7.99. The van der Waals surface area contributed by atoms with E-state index >= 15 is 0 Å². The quantitative estimate of drug-likeness (QED) is 0.903. The maximum Gasteiger partial charge on any atom is 0.160 e. The Balaban J connectivity index is 1.79. The second kappa shape index (κ2) is 6.61. The van der Waals surface area contributed by atoms with E-state index in [9.17, 15) is 10.2 Å². The fourth-order valence-electron chi connectivity index (χ4n) is 3.22. The topological polar surface area (TPSA) is 62.2 Å². The van der Waals surface area contributed by atoms with Gasteiger partial charge < -0.3 is 19.7 Å². The lowest BCUT2D eigenvalue weighted by Gasteiger charge is -2.29. The minimum absolute atomic E-state index is 0.165. The summed E-state index contributed by atoms with van der Waals surface area (Å²) < 4.78 is 10.3. The van der Waals surface area contributed by atoms with Gasteiger partial charge in [0.05, 0.1) is 14.2 Å². The third-order valence-electron chi connectivity index (χ3n) is 4.62. The number of hydrogen-bond donors (Lipinski definition) is 2. The van der Waals surface area contributed by atoms with Crippen LogP contribution < -0.4 is 9.47 Å². The zero-order valence-corrected chi connectivity index (χ0v) is 14.3. The van der Waals surface area contributed by atoms with E-state index in [1.54, 1.807) is 26.4 Å². The molecule has 0 aromatic heterocycles. The number of hydrogen-bond acceptors (Lipinski definition) is 5. The lowest BCUT2D eigenvalue weighted by molar-refractivity contribution is 0.243. The van der Waals surface area contributed by atoms with E-state index in [4.69, 9.17) is 9.47 Å². The van der Waals surface area contributed by atoms with Gasteiger partial charge >= 0.3 is 0 Å². The highest BCUT2D eigenvalue weighted by Crippen LogP contribution is 2.34.